The van der Waals surface area contributed by atoms with E-state index in [0.717, 1.165) is 16.7 Å². The van der Waals surface area contributed by atoms with E-state index in [4.69, 9.17) is 0 Å². The molecule has 132 valence electrons. The summed E-state index contributed by atoms with van der Waals surface area (Å²) >= 11 is 0. The average molecular weight is 343 g/mol. The number of carboxylic acids is 1. The molecule has 1 fully saturated rings. The van der Waals surface area contributed by atoms with E-state index in [0.29, 0.717) is 25.1 Å². The van der Waals surface area contributed by atoms with Gasteiger partial charge in [-0.3, -0.25) is 4.79 Å². The second-order valence-electron chi connectivity index (χ2n) is 6.61. The Bertz CT molecular complexity index is 741. The van der Waals surface area contributed by atoms with Crippen LogP contribution in [0.1, 0.15) is 24.5 Å². The van der Waals surface area contributed by atoms with E-state index in [1.165, 1.54) is 0 Å². The Balaban J connectivity index is 1.83. The first-order chi connectivity index (χ1) is 12.0. The zero-order valence-electron chi connectivity index (χ0n) is 14.2. The Kier molecular flexibility index (Phi) is 4.57. The maximum absolute atomic E-state index is 11.7. The molecule has 0 bridgehead atoms. The number of nitroso groups, excluding NO2 is 1. The topological polar surface area (TPSA) is 99.1 Å². The van der Waals surface area contributed by atoms with E-state index in [1.807, 2.05) is 29.2 Å². The molecule has 0 spiro atoms. The monoisotopic (exact) mass is 343 g/mol. The lowest BCUT2D eigenvalue weighted by Gasteiger charge is -2.46. The van der Waals surface area contributed by atoms with Crippen LogP contribution in [0.5, 0.6) is 0 Å². The molecule has 2 aliphatic rings. The summed E-state index contributed by atoms with van der Waals surface area (Å²) in [6, 6.07) is 7.13. The van der Waals surface area contributed by atoms with Gasteiger partial charge in [0.15, 0.2) is 0 Å². The Labute approximate surface area is 145 Å². The summed E-state index contributed by atoms with van der Waals surface area (Å²) in [5, 5.41) is 15.3. The number of likely N-dealkylation sites (N-methyl/N-ethyl adjacent to an activating group) is 1. The minimum atomic E-state index is -0.947. The summed E-state index contributed by atoms with van der Waals surface area (Å²) < 4.78 is 0. The van der Waals surface area contributed by atoms with Crippen molar-refractivity contribution in [2.24, 2.45) is 11.1 Å². The van der Waals surface area contributed by atoms with Crippen molar-refractivity contribution in [1.82, 2.24) is 10.2 Å². The van der Waals surface area contributed by atoms with Gasteiger partial charge in [0.05, 0.1) is 12.5 Å². The van der Waals surface area contributed by atoms with Crippen LogP contribution in [0.2, 0.25) is 0 Å². The van der Waals surface area contributed by atoms with Gasteiger partial charge in [0.25, 0.3) is 0 Å². The Morgan fingerprint density at radius 3 is 2.60 bits per heavy atom. The highest BCUT2D eigenvalue weighted by atomic mass is 16.4. The first-order valence-electron chi connectivity index (χ1n) is 8.31. The fourth-order valence-corrected chi connectivity index (χ4v) is 3.73. The first-order valence-corrected chi connectivity index (χ1v) is 8.31. The molecule has 0 aliphatic carbocycles. The van der Waals surface area contributed by atoms with Gasteiger partial charge in [-0.25, -0.2) is 4.79 Å². The van der Waals surface area contributed by atoms with Crippen molar-refractivity contribution in [2.45, 2.75) is 31.8 Å². The van der Waals surface area contributed by atoms with Crippen LogP contribution >= 0.6 is 0 Å². The fourth-order valence-electron chi connectivity index (χ4n) is 3.73. The molecular weight excluding hydrogens is 322 g/mol. The van der Waals surface area contributed by atoms with E-state index in [9.17, 15) is 19.6 Å². The van der Waals surface area contributed by atoms with Crippen LogP contribution in [0, 0.1) is 10.8 Å². The first kappa shape index (κ1) is 17.1. The second kappa shape index (κ2) is 6.66. The van der Waals surface area contributed by atoms with Crippen molar-refractivity contribution in [2.75, 3.05) is 13.6 Å². The Hall–Kier alpha value is -2.70. The highest BCUT2D eigenvalue weighted by Crippen LogP contribution is 2.46. The molecular formula is C18H21N3O4. The summed E-state index contributed by atoms with van der Waals surface area (Å²) in [6.45, 7) is 2.33. The Morgan fingerprint density at radius 2 is 2.04 bits per heavy atom. The molecule has 3 atom stereocenters. The number of benzene rings is 1. The molecule has 0 saturated carbocycles. The normalized spacial score (nSPS) is 22.9. The van der Waals surface area contributed by atoms with Gasteiger partial charge < -0.3 is 15.3 Å². The molecule has 2 N–H and O–H groups in total. The lowest BCUT2D eigenvalue weighted by atomic mass is 9.82. The summed E-state index contributed by atoms with van der Waals surface area (Å²) in [7, 11) is 1.59. The Morgan fingerprint density at radius 1 is 1.36 bits per heavy atom. The number of rotatable bonds is 6. The maximum atomic E-state index is 11.7. The number of carbonyl (C=O) groups excluding carboxylic acids is 1. The van der Waals surface area contributed by atoms with Crippen LogP contribution in [-0.4, -0.2) is 47.6 Å². The third-order valence-corrected chi connectivity index (χ3v) is 5.22. The number of nitrogens with zero attached hydrogens (tertiary/aromatic N) is 2. The molecule has 1 amide bonds. The lowest BCUT2D eigenvalue weighted by molar-refractivity contribution is -0.136. The zero-order chi connectivity index (χ0) is 18.1. The molecule has 1 aromatic rings. The number of amides is 1. The van der Waals surface area contributed by atoms with Crippen LogP contribution in [0.25, 0.3) is 5.57 Å². The fraction of sp³-hybridized carbons (Fsp3) is 0.444. The van der Waals surface area contributed by atoms with Gasteiger partial charge in [0, 0.05) is 25.6 Å². The van der Waals surface area contributed by atoms with E-state index in [2.05, 4.69) is 10.5 Å². The van der Waals surface area contributed by atoms with Crippen molar-refractivity contribution >= 4 is 17.4 Å². The molecule has 7 nitrogen and oxygen atoms in total. The SMILES string of the molecule is CNC(=O)Cc1ccc(C2=C(C(=O)O)N3CC(C(C)N=O)[C@H]3C2)cc1. The van der Waals surface area contributed by atoms with Gasteiger partial charge in [-0.1, -0.05) is 29.4 Å². The highest BCUT2D eigenvalue weighted by molar-refractivity contribution is 5.97. The van der Waals surface area contributed by atoms with Crippen molar-refractivity contribution in [3.05, 3.63) is 46.0 Å². The molecule has 0 aromatic heterocycles. The summed E-state index contributed by atoms with van der Waals surface area (Å²) in [4.78, 5) is 35.9. The standard InChI is InChI=1S/C18H21N3O4/c1-10(20-25)14-9-21-15(14)8-13(17(21)18(23)24)12-5-3-11(4-6-12)7-16(22)19-2/h3-6,10,14-15H,7-9H2,1-2H3,(H,19,22)(H,23,24)/t10?,14?,15-/m1/s1. The van der Waals surface area contributed by atoms with Crippen LogP contribution in [-0.2, 0) is 16.0 Å². The zero-order valence-corrected chi connectivity index (χ0v) is 14.2. The predicted molar refractivity (Wildman–Crippen MR) is 92.6 cm³/mol. The number of fused-ring (bicyclic) bond motifs is 1. The van der Waals surface area contributed by atoms with Gasteiger partial charge in [-0.15, -0.1) is 0 Å². The van der Waals surface area contributed by atoms with Crippen LogP contribution in [0.4, 0.5) is 0 Å². The van der Waals surface area contributed by atoms with Crippen molar-refractivity contribution in [1.29, 1.82) is 0 Å². The van der Waals surface area contributed by atoms with E-state index in [1.54, 1.807) is 14.0 Å². The average Bonchev–Trinajstić information content (AvgIpc) is 2.88. The molecule has 1 saturated heterocycles. The second-order valence-corrected chi connectivity index (χ2v) is 6.61. The third kappa shape index (κ3) is 3.01. The summed E-state index contributed by atoms with van der Waals surface area (Å²) in [6.07, 6.45) is 0.891. The minimum Gasteiger partial charge on any atom is -0.477 e. The van der Waals surface area contributed by atoms with E-state index >= 15 is 0 Å². The van der Waals surface area contributed by atoms with Gasteiger partial charge in [-0.05, 0) is 30.0 Å². The van der Waals surface area contributed by atoms with Gasteiger partial charge in [-0.2, -0.15) is 4.91 Å². The third-order valence-electron chi connectivity index (χ3n) is 5.22. The quantitative estimate of drug-likeness (QED) is 0.765. The molecule has 0 radical (unpaired) electrons. The smallest absolute Gasteiger partial charge is 0.352 e. The predicted octanol–water partition coefficient (Wildman–Crippen LogP) is 1.63. The van der Waals surface area contributed by atoms with Crippen molar-refractivity contribution < 1.29 is 14.7 Å². The number of carbonyl (C=O) groups is 2. The van der Waals surface area contributed by atoms with Crippen LogP contribution < -0.4 is 5.32 Å². The van der Waals surface area contributed by atoms with Gasteiger partial charge in [0.2, 0.25) is 5.91 Å². The number of carboxylic acid groups (broad SMARTS) is 1. The highest BCUT2D eigenvalue weighted by Gasteiger charge is 2.50. The number of hydrogen-bond acceptors (Lipinski definition) is 5. The van der Waals surface area contributed by atoms with Crippen LogP contribution in [0.15, 0.2) is 35.1 Å². The molecule has 2 heterocycles. The number of nitrogens with one attached hydrogen (secondary N) is 1. The molecule has 2 unspecified atom stereocenters. The van der Waals surface area contributed by atoms with Crippen molar-refractivity contribution in [3.63, 3.8) is 0 Å². The minimum absolute atomic E-state index is 0.0272. The van der Waals surface area contributed by atoms with Crippen molar-refractivity contribution in [3.8, 4) is 0 Å². The van der Waals surface area contributed by atoms with Gasteiger partial charge in [0.1, 0.15) is 5.70 Å². The summed E-state index contributed by atoms with van der Waals surface area (Å²) in [5.74, 6) is -0.921. The van der Waals surface area contributed by atoms with Crippen LogP contribution in [0.3, 0.4) is 0 Å². The molecule has 7 heteroatoms. The number of aliphatic carboxylic acids is 1. The summed E-state index contributed by atoms with van der Waals surface area (Å²) in [5.41, 5.74) is 2.82. The lowest BCUT2D eigenvalue weighted by Crippen LogP contribution is -2.56. The molecule has 2 aliphatic heterocycles. The molecule has 3 rings (SSSR count). The van der Waals surface area contributed by atoms with E-state index in [-0.39, 0.29) is 23.9 Å². The van der Waals surface area contributed by atoms with E-state index < -0.39 is 5.97 Å². The number of hydrogen-bond donors (Lipinski definition) is 2. The molecule has 1 aromatic carbocycles. The largest absolute Gasteiger partial charge is 0.477 e. The maximum Gasteiger partial charge on any atom is 0.352 e. The molecule has 25 heavy (non-hydrogen) atoms. The van der Waals surface area contributed by atoms with Gasteiger partial charge >= 0.3 is 5.97 Å².